The molecule has 0 aromatic heterocycles. The molecule has 0 aliphatic carbocycles. The number of amides is 1. The van der Waals surface area contributed by atoms with E-state index in [0.717, 1.165) is 24.3 Å². The maximum Gasteiger partial charge on any atom is 0.266 e. The van der Waals surface area contributed by atoms with E-state index >= 15 is 0 Å². The molecule has 6 nitrogen and oxygen atoms in total. The van der Waals surface area contributed by atoms with Crippen molar-refractivity contribution in [2.24, 2.45) is 0 Å². The number of carbonyl (C=O) groups is 1. The average Bonchev–Trinajstić information content (AvgIpc) is 2.53. The molecule has 0 spiro atoms. The van der Waals surface area contributed by atoms with Gasteiger partial charge in [0.25, 0.3) is 5.91 Å². The molecule has 2 aromatic carbocycles. The predicted molar refractivity (Wildman–Crippen MR) is 75.8 cm³/mol. The molecule has 116 valence electrons. The van der Waals surface area contributed by atoms with Crippen LogP contribution in [0.2, 0.25) is 0 Å². The van der Waals surface area contributed by atoms with Crippen molar-refractivity contribution in [2.75, 3.05) is 0 Å². The van der Waals surface area contributed by atoms with Crippen molar-refractivity contribution in [3.63, 3.8) is 0 Å². The van der Waals surface area contributed by atoms with Crippen molar-refractivity contribution in [2.45, 2.75) is 10.9 Å². The highest BCUT2D eigenvalue weighted by atomic mass is 32.2. The predicted octanol–water partition coefficient (Wildman–Crippen LogP) is 1.35. The third-order valence-electron chi connectivity index (χ3n) is 2.90. The molecule has 0 saturated heterocycles. The number of halogens is 1. The van der Waals surface area contributed by atoms with Crippen molar-refractivity contribution in [1.29, 1.82) is 0 Å². The zero-order valence-corrected chi connectivity index (χ0v) is 12.0. The number of rotatable bonds is 5. The highest BCUT2D eigenvalue weighted by Crippen LogP contribution is 2.17. The van der Waals surface area contributed by atoms with Gasteiger partial charge in [-0.3, -0.25) is 10.0 Å². The van der Waals surface area contributed by atoms with Crippen LogP contribution in [0.4, 0.5) is 4.39 Å². The van der Waals surface area contributed by atoms with Gasteiger partial charge in [-0.1, -0.05) is 30.3 Å². The van der Waals surface area contributed by atoms with Crippen LogP contribution in [0.5, 0.6) is 0 Å². The first-order valence-electron chi connectivity index (χ1n) is 6.21. The topological polar surface area (TPSA) is 95.5 Å². The molecule has 22 heavy (non-hydrogen) atoms. The maximum absolute atomic E-state index is 12.9. The number of sulfonamides is 1. The van der Waals surface area contributed by atoms with E-state index in [9.17, 15) is 17.6 Å². The Morgan fingerprint density at radius 2 is 1.64 bits per heavy atom. The summed E-state index contributed by atoms with van der Waals surface area (Å²) >= 11 is 0. The van der Waals surface area contributed by atoms with Gasteiger partial charge in [0.2, 0.25) is 10.0 Å². The van der Waals surface area contributed by atoms with Crippen LogP contribution in [0.15, 0.2) is 59.5 Å². The summed E-state index contributed by atoms with van der Waals surface area (Å²) in [6.07, 6.45) is 0. The highest BCUT2D eigenvalue weighted by Gasteiger charge is 2.27. The minimum Gasteiger partial charge on any atom is -0.289 e. The molecule has 0 fully saturated rings. The smallest absolute Gasteiger partial charge is 0.266 e. The van der Waals surface area contributed by atoms with E-state index in [1.54, 1.807) is 18.2 Å². The van der Waals surface area contributed by atoms with Crippen molar-refractivity contribution >= 4 is 15.9 Å². The number of nitrogens with one attached hydrogen (secondary N) is 2. The Kier molecular flexibility index (Phi) is 4.86. The fourth-order valence-electron chi connectivity index (χ4n) is 1.82. The molecular formula is C14H13FN2O4S. The van der Waals surface area contributed by atoms with Gasteiger partial charge in [0.1, 0.15) is 11.9 Å². The molecule has 1 amide bonds. The lowest BCUT2D eigenvalue weighted by molar-refractivity contribution is -0.131. The van der Waals surface area contributed by atoms with E-state index in [1.165, 1.54) is 17.6 Å². The number of benzene rings is 2. The van der Waals surface area contributed by atoms with Crippen molar-refractivity contribution in [3.8, 4) is 0 Å². The van der Waals surface area contributed by atoms with Crippen LogP contribution in [-0.2, 0) is 14.8 Å². The Bertz CT molecular complexity index is 748. The molecule has 3 N–H and O–H groups in total. The lowest BCUT2D eigenvalue weighted by atomic mass is 10.1. The van der Waals surface area contributed by atoms with Crippen LogP contribution >= 0.6 is 0 Å². The lowest BCUT2D eigenvalue weighted by Crippen LogP contribution is -2.39. The van der Waals surface area contributed by atoms with E-state index < -0.39 is 27.8 Å². The quantitative estimate of drug-likeness (QED) is 0.571. The Morgan fingerprint density at radius 3 is 2.18 bits per heavy atom. The summed E-state index contributed by atoms with van der Waals surface area (Å²) in [6.45, 7) is 0. The summed E-state index contributed by atoms with van der Waals surface area (Å²) in [5, 5.41) is 8.79. The largest absolute Gasteiger partial charge is 0.289 e. The second-order valence-electron chi connectivity index (χ2n) is 4.39. The fraction of sp³-hybridized carbons (Fsp3) is 0.0714. The second kappa shape index (κ2) is 6.65. The summed E-state index contributed by atoms with van der Waals surface area (Å²) < 4.78 is 39.6. The molecule has 0 radical (unpaired) electrons. The standard InChI is InChI=1S/C14H13FN2O4S/c15-11-6-8-12(9-7-11)22(20,21)17-13(14(18)16-19)10-4-2-1-3-5-10/h1-9,13,17,19H,(H,16,18). The van der Waals surface area contributed by atoms with Crippen LogP contribution in [0.1, 0.15) is 11.6 Å². The molecule has 1 atom stereocenters. The van der Waals surface area contributed by atoms with Gasteiger partial charge in [0.15, 0.2) is 0 Å². The zero-order valence-electron chi connectivity index (χ0n) is 11.2. The summed E-state index contributed by atoms with van der Waals surface area (Å²) in [5.74, 6) is -1.51. The van der Waals surface area contributed by atoms with Crippen LogP contribution in [0.25, 0.3) is 0 Å². The first-order valence-corrected chi connectivity index (χ1v) is 7.69. The van der Waals surface area contributed by atoms with Crippen LogP contribution in [-0.4, -0.2) is 19.5 Å². The lowest BCUT2D eigenvalue weighted by Gasteiger charge is -2.17. The molecule has 1 unspecified atom stereocenters. The zero-order chi connectivity index (χ0) is 16.2. The SMILES string of the molecule is O=C(NO)C(NS(=O)(=O)c1ccc(F)cc1)c1ccccc1. The number of hydrogen-bond acceptors (Lipinski definition) is 4. The normalized spacial score (nSPS) is 12.6. The fourth-order valence-corrected chi connectivity index (χ4v) is 3.00. The molecule has 0 aliphatic rings. The average molecular weight is 324 g/mol. The monoisotopic (exact) mass is 324 g/mol. The third kappa shape index (κ3) is 3.67. The molecule has 8 heteroatoms. The Labute approximate surface area is 126 Å². The van der Waals surface area contributed by atoms with Crippen LogP contribution < -0.4 is 10.2 Å². The summed E-state index contributed by atoms with van der Waals surface area (Å²) in [5.41, 5.74) is 1.77. The van der Waals surface area contributed by atoms with Gasteiger partial charge in [-0.25, -0.2) is 18.3 Å². The first-order chi connectivity index (χ1) is 10.4. The van der Waals surface area contributed by atoms with Gasteiger partial charge in [-0.15, -0.1) is 0 Å². The maximum atomic E-state index is 12.9. The number of hydrogen-bond donors (Lipinski definition) is 3. The van der Waals surface area contributed by atoms with E-state index in [1.807, 2.05) is 0 Å². The minimum absolute atomic E-state index is 0.194. The van der Waals surface area contributed by atoms with E-state index in [-0.39, 0.29) is 4.90 Å². The number of carbonyl (C=O) groups excluding carboxylic acids is 1. The van der Waals surface area contributed by atoms with Crippen LogP contribution in [0.3, 0.4) is 0 Å². The van der Waals surface area contributed by atoms with Gasteiger partial charge in [0.05, 0.1) is 4.90 Å². The molecule has 0 aliphatic heterocycles. The number of hydroxylamine groups is 1. The first kappa shape index (κ1) is 16.1. The van der Waals surface area contributed by atoms with Crippen molar-refractivity contribution in [1.82, 2.24) is 10.2 Å². The van der Waals surface area contributed by atoms with Crippen molar-refractivity contribution in [3.05, 3.63) is 66.0 Å². The second-order valence-corrected chi connectivity index (χ2v) is 6.11. The molecule has 0 bridgehead atoms. The highest BCUT2D eigenvalue weighted by molar-refractivity contribution is 7.89. The Morgan fingerprint density at radius 1 is 1.05 bits per heavy atom. The Balaban J connectivity index is 2.34. The van der Waals surface area contributed by atoms with Crippen molar-refractivity contribution < 1.29 is 22.8 Å². The minimum atomic E-state index is -4.07. The van der Waals surface area contributed by atoms with E-state index in [4.69, 9.17) is 5.21 Å². The summed E-state index contributed by atoms with van der Waals surface area (Å²) in [6, 6.07) is 10.9. The van der Waals surface area contributed by atoms with Gasteiger partial charge in [0, 0.05) is 0 Å². The summed E-state index contributed by atoms with van der Waals surface area (Å²) in [7, 11) is -4.07. The van der Waals surface area contributed by atoms with Gasteiger partial charge < -0.3 is 0 Å². The van der Waals surface area contributed by atoms with Crippen LogP contribution in [0, 0.1) is 5.82 Å². The van der Waals surface area contributed by atoms with E-state index in [2.05, 4.69) is 4.72 Å². The third-order valence-corrected chi connectivity index (χ3v) is 4.34. The molecule has 0 saturated carbocycles. The van der Waals surface area contributed by atoms with Gasteiger partial charge in [-0.05, 0) is 29.8 Å². The Hall–Kier alpha value is -2.29. The van der Waals surface area contributed by atoms with Gasteiger partial charge >= 0.3 is 0 Å². The summed E-state index contributed by atoms with van der Waals surface area (Å²) in [4.78, 5) is 11.5. The van der Waals surface area contributed by atoms with Gasteiger partial charge in [-0.2, -0.15) is 4.72 Å². The molecule has 2 aromatic rings. The van der Waals surface area contributed by atoms with E-state index in [0.29, 0.717) is 5.56 Å². The molecule has 0 heterocycles. The molecule has 2 rings (SSSR count). The molecular weight excluding hydrogens is 311 g/mol.